The van der Waals surface area contributed by atoms with Gasteiger partial charge in [-0.3, -0.25) is 4.79 Å². The molecule has 0 bridgehead atoms. The Morgan fingerprint density at radius 3 is 2.89 bits per heavy atom. The predicted octanol–water partition coefficient (Wildman–Crippen LogP) is -0.206. The number of amides is 1. The average Bonchev–Trinajstić information content (AvgIpc) is 2.37. The maximum atomic E-state index is 11.1. The summed E-state index contributed by atoms with van der Waals surface area (Å²) in [7, 11) is 0. The second-order valence-corrected chi connectivity index (χ2v) is 4.12. The molecule has 2 rings (SSSR count). The van der Waals surface area contributed by atoms with E-state index in [0.29, 0.717) is 17.0 Å². The first-order chi connectivity index (χ1) is 8.61. The van der Waals surface area contributed by atoms with Gasteiger partial charge in [-0.15, -0.1) is 0 Å². The molecule has 1 heterocycles. The van der Waals surface area contributed by atoms with Gasteiger partial charge < -0.3 is 25.4 Å². The lowest BCUT2D eigenvalue weighted by molar-refractivity contribution is -0.118. The van der Waals surface area contributed by atoms with Crippen molar-refractivity contribution in [1.82, 2.24) is 0 Å². The summed E-state index contributed by atoms with van der Waals surface area (Å²) in [5.74, 6) is 0.235. The molecular formula is C12H15NO5. The summed E-state index contributed by atoms with van der Waals surface area (Å²) in [6.45, 7) is -0.262. The summed E-state index contributed by atoms with van der Waals surface area (Å²) >= 11 is 0. The largest absolute Gasteiger partial charge is 0.482 e. The minimum Gasteiger partial charge on any atom is -0.482 e. The van der Waals surface area contributed by atoms with Crippen molar-refractivity contribution >= 4 is 11.6 Å². The zero-order chi connectivity index (χ0) is 13.1. The summed E-state index contributed by atoms with van der Waals surface area (Å²) in [5.41, 5.74) is 1.02. The SMILES string of the molecule is O=C1COc2cc(C(O)C(O)CCO)ccc2N1. The summed E-state index contributed by atoms with van der Waals surface area (Å²) < 4.78 is 5.21. The number of carbonyl (C=O) groups excluding carboxylic acids is 1. The highest BCUT2D eigenvalue weighted by Gasteiger charge is 2.21. The molecule has 1 aromatic rings. The van der Waals surface area contributed by atoms with Crippen molar-refractivity contribution in [2.75, 3.05) is 18.5 Å². The van der Waals surface area contributed by atoms with Gasteiger partial charge in [-0.1, -0.05) is 6.07 Å². The first kappa shape index (κ1) is 12.8. The van der Waals surface area contributed by atoms with Gasteiger partial charge in [-0.2, -0.15) is 0 Å². The lowest BCUT2D eigenvalue weighted by Crippen LogP contribution is -2.26. The number of rotatable bonds is 4. The third-order valence-electron chi connectivity index (χ3n) is 2.77. The Kier molecular flexibility index (Phi) is 3.81. The Hall–Kier alpha value is -1.63. The summed E-state index contributed by atoms with van der Waals surface area (Å²) in [4.78, 5) is 11.1. The number of benzene rings is 1. The third-order valence-corrected chi connectivity index (χ3v) is 2.77. The molecule has 6 nitrogen and oxygen atoms in total. The zero-order valence-electron chi connectivity index (χ0n) is 9.67. The van der Waals surface area contributed by atoms with Crippen LogP contribution in [0.5, 0.6) is 5.75 Å². The minimum atomic E-state index is -1.09. The number of aliphatic hydroxyl groups is 3. The van der Waals surface area contributed by atoms with Crippen molar-refractivity contribution in [3.8, 4) is 5.75 Å². The van der Waals surface area contributed by atoms with Crippen molar-refractivity contribution in [2.45, 2.75) is 18.6 Å². The molecular weight excluding hydrogens is 238 g/mol. The number of anilines is 1. The standard InChI is InChI=1S/C12H15NO5/c14-4-3-9(15)12(17)7-1-2-8-10(5-7)18-6-11(16)13-8/h1-2,5,9,12,14-15,17H,3-4,6H2,(H,13,16). The van der Waals surface area contributed by atoms with E-state index < -0.39 is 12.2 Å². The monoisotopic (exact) mass is 253 g/mol. The van der Waals surface area contributed by atoms with Crippen LogP contribution in [0.1, 0.15) is 18.1 Å². The van der Waals surface area contributed by atoms with Crippen molar-refractivity contribution in [3.63, 3.8) is 0 Å². The molecule has 0 fully saturated rings. The Morgan fingerprint density at radius 1 is 1.39 bits per heavy atom. The van der Waals surface area contributed by atoms with Crippen LogP contribution in [0.3, 0.4) is 0 Å². The Bertz CT molecular complexity index is 448. The van der Waals surface area contributed by atoms with Gasteiger partial charge in [0, 0.05) is 6.61 Å². The molecule has 0 aromatic heterocycles. The fourth-order valence-corrected chi connectivity index (χ4v) is 1.79. The summed E-state index contributed by atoms with van der Waals surface area (Å²) in [5, 5.41) is 30.8. The number of ether oxygens (including phenoxy) is 1. The molecule has 2 unspecified atom stereocenters. The van der Waals surface area contributed by atoms with Crippen LogP contribution in [0.15, 0.2) is 18.2 Å². The molecule has 0 saturated carbocycles. The van der Waals surface area contributed by atoms with E-state index in [1.807, 2.05) is 0 Å². The van der Waals surface area contributed by atoms with Gasteiger partial charge in [0.25, 0.3) is 5.91 Å². The van der Waals surface area contributed by atoms with E-state index in [4.69, 9.17) is 9.84 Å². The van der Waals surface area contributed by atoms with Crippen molar-refractivity contribution in [3.05, 3.63) is 23.8 Å². The lowest BCUT2D eigenvalue weighted by atomic mass is 10.0. The van der Waals surface area contributed by atoms with E-state index in [1.54, 1.807) is 18.2 Å². The van der Waals surface area contributed by atoms with Crippen LogP contribution in [0.2, 0.25) is 0 Å². The van der Waals surface area contributed by atoms with Crippen molar-refractivity contribution in [1.29, 1.82) is 0 Å². The second kappa shape index (κ2) is 5.34. The molecule has 6 heteroatoms. The molecule has 0 spiro atoms. The Labute approximate surface area is 104 Å². The van der Waals surface area contributed by atoms with Crippen LogP contribution in [-0.4, -0.2) is 40.5 Å². The van der Waals surface area contributed by atoms with Crippen LogP contribution < -0.4 is 10.1 Å². The molecule has 1 amide bonds. The molecule has 1 aliphatic heterocycles. The fourth-order valence-electron chi connectivity index (χ4n) is 1.79. The van der Waals surface area contributed by atoms with Crippen molar-refractivity contribution in [2.24, 2.45) is 0 Å². The van der Waals surface area contributed by atoms with Crippen LogP contribution in [0.4, 0.5) is 5.69 Å². The highest BCUT2D eigenvalue weighted by atomic mass is 16.5. The van der Waals surface area contributed by atoms with Crippen molar-refractivity contribution < 1.29 is 24.9 Å². The predicted molar refractivity (Wildman–Crippen MR) is 63.2 cm³/mol. The van der Waals surface area contributed by atoms with Crippen LogP contribution in [0.25, 0.3) is 0 Å². The number of nitrogens with one attached hydrogen (secondary N) is 1. The van der Waals surface area contributed by atoms with Gasteiger partial charge in [0.2, 0.25) is 0 Å². The van der Waals surface area contributed by atoms with Gasteiger partial charge in [0.05, 0.1) is 11.8 Å². The van der Waals surface area contributed by atoms with E-state index in [0.717, 1.165) is 0 Å². The van der Waals surface area contributed by atoms with E-state index >= 15 is 0 Å². The average molecular weight is 253 g/mol. The van der Waals surface area contributed by atoms with Gasteiger partial charge in [0.1, 0.15) is 11.9 Å². The number of fused-ring (bicyclic) bond motifs is 1. The highest BCUT2D eigenvalue weighted by Crippen LogP contribution is 2.31. The molecule has 0 saturated heterocycles. The maximum Gasteiger partial charge on any atom is 0.262 e. The van der Waals surface area contributed by atoms with Gasteiger partial charge in [-0.25, -0.2) is 0 Å². The molecule has 4 N–H and O–H groups in total. The zero-order valence-corrected chi connectivity index (χ0v) is 9.67. The van der Waals surface area contributed by atoms with E-state index in [-0.39, 0.29) is 25.5 Å². The van der Waals surface area contributed by atoms with Gasteiger partial charge in [-0.05, 0) is 24.1 Å². The van der Waals surface area contributed by atoms with E-state index in [1.165, 1.54) is 0 Å². The third kappa shape index (κ3) is 2.61. The minimum absolute atomic E-state index is 0.0637. The Morgan fingerprint density at radius 2 is 2.17 bits per heavy atom. The topological polar surface area (TPSA) is 99.0 Å². The summed E-state index contributed by atoms with van der Waals surface area (Å²) in [6.07, 6.45) is -2.04. The van der Waals surface area contributed by atoms with Crippen LogP contribution >= 0.6 is 0 Å². The number of hydrogen-bond acceptors (Lipinski definition) is 5. The molecule has 0 radical (unpaired) electrons. The Balaban J connectivity index is 2.18. The fraction of sp³-hybridized carbons (Fsp3) is 0.417. The first-order valence-corrected chi connectivity index (χ1v) is 5.65. The van der Waals surface area contributed by atoms with E-state index in [9.17, 15) is 15.0 Å². The number of carbonyl (C=O) groups is 1. The molecule has 2 atom stereocenters. The summed E-state index contributed by atoms with van der Waals surface area (Å²) in [6, 6.07) is 4.77. The van der Waals surface area contributed by atoms with Gasteiger partial charge >= 0.3 is 0 Å². The highest BCUT2D eigenvalue weighted by molar-refractivity contribution is 5.95. The quantitative estimate of drug-likeness (QED) is 0.595. The molecule has 98 valence electrons. The van der Waals surface area contributed by atoms with Crippen LogP contribution in [0, 0.1) is 0 Å². The molecule has 18 heavy (non-hydrogen) atoms. The van der Waals surface area contributed by atoms with Gasteiger partial charge in [0.15, 0.2) is 6.61 Å². The maximum absolute atomic E-state index is 11.1. The lowest BCUT2D eigenvalue weighted by Gasteiger charge is -2.21. The second-order valence-electron chi connectivity index (χ2n) is 4.12. The normalized spacial score (nSPS) is 17.4. The van der Waals surface area contributed by atoms with E-state index in [2.05, 4.69) is 5.32 Å². The molecule has 1 aliphatic rings. The molecule has 0 aliphatic carbocycles. The molecule has 1 aromatic carbocycles. The smallest absolute Gasteiger partial charge is 0.262 e. The van der Waals surface area contributed by atoms with Crippen LogP contribution in [-0.2, 0) is 4.79 Å². The number of aliphatic hydroxyl groups excluding tert-OH is 3. The first-order valence-electron chi connectivity index (χ1n) is 5.65. The number of hydrogen-bond donors (Lipinski definition) is 4.